The van der Waals surface area contributed by atoms with Crippen molar-refractivity contribution in [1.82, 2.24) is 9.55 Å². The number of imidazole rings is 1. The Morgan fingerprint density at radius 2 is 1.59 bits per heavy atom. The van der Waals surface area contributed by atoms with Gasteiger partial charge in [0.25, 0.3) is 0 Å². The summed E-state index contributed by atoms with van der Waals surface area (Å²) in [6.07, 6.45) is 0. The molecule has 0 saturated carbocycles. The molecule has 1 heterocycles. The van der Waals surface area contributed by atoms with Crippen LogP contribution in [0.5, 0.6) is 0 Å². The highest BCUT2D eigenvalue weighted by molar-refractivity contribution is 7.80. The van der Waals surface area contributed by atoms with Crippen LogP contribution in [0, 0.1) is 0 Å². The van der Waals surface area contributed by atoms with Crippen molar-refractivity contribution in [3.05, 3.63) is 89.4 Å². The van der Waals surface area contributed by atoms with Crippen molar-refractivity contribution in [2.45, 2.75) is 6.54 Å². The summed E-state index contributed by atoms with van der Waals surface area (Å²) in [7, 11) is 0. The van der Waals surface area contributed by atoms with E-state index in [1.807, 2.05) is 72.8 Å². The van der Waals surface area contributed by atoms with Gasteiger partial charge in [0, 0.05) is 10.7 Å². The third-order valence-corrected chi connectivity index (χ3v) is 4.62. The van der Waals surface area contributed by atoms with Gasteiger partial charge in [-0.15, -0.1) is 0 Å². The van der Waals surface area contributed by atoms with E-state index in [2.05, 4.69) is 21.3 Å². The van der Waals surface area contributed by atoms with Gasteiger partial charge in [-0.25, -0.2) is 4.98 Å². The molecule has 0 aliphatic rings. The lowest BCUT2D eigenvalue weighted by Crippen LogP contribution is -2.21. The van der Waals surface area contributed by atoms with Crippen LogP contribution >= 0.6 is 23.8 Å². The van der Waals surface area contributed by atoms with Crippen LogP contribution in [0.25, 0.3) is 11.0 Å². The zero-order valence-electron chi connectivity index (χ0n) is 14.4. The second kappa shape index (κ2) is 7.78. The molecule has 0 spiro atoms. The average molecular weight is 393 g/mol. The van der Waals surface area contributed by atoms with Gasteiger partial charge in [-0.05, 0) is 54.2 Å². The number of rotatable bonds is 4. The number of hydrogen-bond acceptors (Lipinski definition) is 2. The average Bonchev–Trinajstić information content (AvgIpc) is 3.01. The molecule has 27 heavy (non-hydrogen) atoms. The molecule has 0 radical (unpaired) electrons. The highest BCUT2D eigenvalue weighted by Crippen LogP contribution is 2.22. The topological polar surface area (TPSA) is 41.9 Å². The fourth-order valence-electron chi connectivity index (χ4n) is 2.89. The lowest BCUT2D eigenvalue weighted by atomic mass is 10.2. The number of fused-ring (bicyclic) bond motifs is 1. The van der Waals surface area contributed by atoms with E-state index in [4.69, 9.17) is 28.8 Å². The summed E-state index contributed by atoms with van der Waals surface area (Å²) in [5.74, 6) is 0.694. The zero-order valence-corrected chi connectivity index (χ0v) is 16.0. The lowest BCUT2D eigenvalue weighted by molar-refractivity contribution is 0.837. The largest absolute Gasteiger partial charge is 0.332 e. The molecule has 3 aromatic carbocycles. The van der Waals surface area contributed by atoms with Crippen molar-refractivity contribution >= 4 is 51.6 Å². The molecular formula is C21H17ClN4S. The Hall–Kier alpha value is -2.89. The summed E-state index contributed by atoms with van der Waals surface area (Å²) in [5.41, 5.74) is 4.01. The van der Waals surface area contributed by atoms with Gasteiger partial charge in [-0.3, -0.25) is 0 Å². The van der Waals surface area contributed by atoms with Crippen LogP contribution in [0.4, 0.5) is 11.6 Å². The van der Waals surface area contributed by atoms with Gasteiger partial charge in [0.15, 0.2) is 5.11 Å². The maximum absolute atomic E-state index is 6.01. The quantitative estimate of drug-likeness (QED) is 0.447. The van der Waals surface area contributed by atoms with Crippen molar-refractivity contribution in [1.29, 1.82) is 0 Å². The molecule has 4 rings (SSSR count). The lowest BCUT2D eigenvalue weighted by Gasteiger charge is -2.13. The van der Waals surface area contributed by atoms with Crippen LogP contribution in [-0.2, 0) is 6.54 Å². The van der Waals surface area contributed by atoms with E-state index >= 15 is 0 Å². The SMILES string of the molecule is S=C(Nc1ccccc1)Nc1nc2ccccc2n1Cc1ccc(Cl)cc1. The van der Waals surface area contributed by atoms with Gasteiger partial charge in [0.2, 0.25) is 5.95 Å². The molecule has 0 aliphatic carbocycles. The van der Waals surface area contributed by atoms with E-state index in [1.54, 1.807) is 0 Å². The number of halogens is 1. The minimum Gasteiger partial charge on any atom is -0.332 e. The van der Waals surface area contributed by atoms with Gasteiger partial charge in [-0.2, -0.15) is 0 Å². The Balaban J connectivity index is 1.63. The van der Waals surface area contributed by atoms with Crippen molar-refractivity contribution in [3.63, 3.8) is 0 Å². The van der Waals surface area contributed by atoms with Gasteiger partial charge in [0.05, 0.1) is 17.6 Å². The van der Waals surface area contributed by atoms with Gasteiger partial charge in [0.1, 0.15) is 0 Å². The molecule has 0 bridgehead atoms. The predicted octanol–water partition coefficient (Wildman–Crippen LogP) is 5.55. The van der Waals surface area contributed by atoms with E-state index in [9.17, 15) is 0 Å². The van der Waals surface area contributed by atoms with Gasteiger partial charge >= 0.3 is 0 Å². The van der Waals surface area contributed by atoms with Crippen LogP contribution in [0.2, 0.25) is 5.02 Å². The fourth-order valence-corrected chi connectivity index (χ4v) is 3.22. The Kier molecular flexibility index (Phi) is 5.05. The summed E-state index contributed by atoms with van der Waals surface area (Å²) >= 11 is 11.5. The number of nitrogens with one attached hydrogen (secondary N) is 2. The Morgan fingerprint density at radius 3 is 2.37 bits per heavy atom. The Labute approximate surface area is 167 Å². The molecule has 0 fully saturated rings. The van der Waals surface area contributed by atoms with Crippen LogP contribution in [0.1, 0.15) is 5.56 Å². The molecule has 1 aromatic heterocycles. The monoisotopic (exact) mass is 392 g/mol. The molecule has 134 valence electrons. The van der Waals surface area contributed by atoms with Gasteiger partial charge in [-0.1, -0.05) is 54.1 Å². The minimum absolute atomic E-state index is 0.494. The Morgan fingerprint density at radius 1 is 0.889 bits per heavy atom. The van der Waals surface area contributed by atoms with E-state index < -0.39 is 0 Å². The molecule has 0 saturated heterocycles. The molecular weight excluding hydrogens is 376 g/mol. The number of benzene rings is 3. The fraction of sp³-hybridized carbons (Fsp3) is 0.0476. The number of aromatic nitrogens is 2. The van der Waals surface area contributed by atoms with Crippen LogP contribution in [0.3, 0.4) is 0 Å². The smallest absolute Gasteiger partial charge is 0.210 e. The third kappa shape index (κ3) is 4.10. The minimum atomic E-state index is 0.494. The zero-order chi connectivity index (χ0) is 18.6. The normalized spacial score (nSPS) is 10.7. The van der Waals surface area contributed by atoms with Crippen LogP contribution in [0.15, 0.2) is 78.9 Å². The highest BCUT2D eigenvalue weighted by atomic mass is 35.5. The van der Waals surface area contributed by atoms with Crippen molar-refractivity contribution in [3.8, 4) is 0 Å². The third-order valence-electron chi connectivity index (χ3n) is 4.17. The molecule has 6 heteroatoms. The molecule has 0 unspecified atom stereocenters. The first kappa shape index (κ1) is 17.5. The highest BCUT2D eigenvalue weighted by Gasteiger charge is 2.12. The molecule has 0 aliphatic heterocycles. The molecule has 0 atom stereocenters. The molecule has 4 nitrogen and oxygen atoms in total. The van der Waals surface area contributed by atoms with E-state index in [-0.39, 0.29) is 0 Å². The standard InChI is InChI=1S/C21H17ClN4S/c22-16-12-10-15(11-13-16)14-26-19-9-5-4-8-18(19)24-20(26)25-21(27)23-17-6-2-1-3-7-17/h1-13H,14H2,(H2,23,24,25,27). The summed E-state index contributed by atoms with van der Waals surface area (Å²) in [4.78, 5) is 4.71. The first-order valence-electron chi connectivity index (χ1n) is 8.52. The second-order valence-electron chi connectivity index (χ2n) is 6.08. The molecule has 2 N–H and O–H groups in total. The van der Waals surface area contributed by atoms with E-state index in [1.165, 1.54) is 0 Å². The van der Waals surface area contributed by atoms with E-state index in [0.29, 0.717) is 17.6 Å². The number of hydrogen-bond donors (Lipinski definition) is 2. The first-order chi connectivity index (χ1) is 13.2. The van der Waals surface area contributed by atoms with Crippen molar-refractivity contribution in [2.24, 2.45) is 0 Å². The predicted molar refractivity (Wildman–Crippen MR) is 117 cm³/mol. The van der Waals surface area contributed by atoms with Crippen molar-refractivity contribution in [2.75, 3.05) is 10.6 Å². The maximum Gasteiger partial charge on any atom is 0.210 e. The maximum atomic E-state index is 6.01. The number of anilines is 2. The van der Waals surface area contributed by atoms with Crippen molar-refractivity contribution < 1.29 is 0 Å². The van der Waals surface area contributed by atoms with Crippen LogP contribution < -0.4 is 10.6 Å². The number of thiocarbonyl (C=S) groups is 1. The van der Waals surface area contributed by atoms with Gasteiger partial charge < -0.3 is 15.2 Å². The first-order valence-corrected chi connectivity index (χ1v) is 9.30. The summed E-state index contributed by atoms with van der Waals surface area (Å²) in [5, 5.41) is 7.63. The summed E-state index contributed by atoms with van der Waals surface area (Å²) in [6.45, 7) is 0.661. The molecule has 0 amide bonds. The van der Waals surface area contributed by atoms with Crippen LogP contribution in [-0.4, -0.2) is 14.7 Å². The summed E-state index contributed by atoms with van der Waals surface area (Å²) < 4.78 is 2.11. The Bertz CT molecular complexity index is 1070. The number of para-hydroxylation sites is 3. The molecule has 4 aromatic rings. The second-order valence-corrected chi connectivity index (χ2v) is 6.93. The number of nitrogens with zero attached hydrogens (tertiary/aromatic N) is 2. The van der Waals surface area contributed by atoms with E-state index in [0.717, 1.165) is 27.3 Å². The summed E-state index contributed by atoms with van der Waals surface area (Å²) in [6, 6.07) is 25.7.